The predicted molar refractivity (Wildman–Crippen MR) is 89.2 cm³/mol. The highest BCUT2D eigenvalue weighted by molar-refractivity contribution is 5.69. The molecule has 5 heteroatoms. The van der Waals surface area contributed by atoms with Gasteiger partial charge in [-0.25, -0.2) is 0 Å². The molecule has 1 aliphatic heterocycles. The zero-order valence-corrected chi connectivity index (χ0v) is 12.9. The maximum atomic E-state index is 10.7. The summed E-state index contributed by atoms with van der Waals surface area (Å²) in [5.41, 5.74) is 1.14. The number of anilines is 1. The van der Waals surface area contributed by atoms with Crippen molar-refractivity contribution in [2.75, 3.05) is 37.6 Å². The normalized spacial score (nSPS) is 15.4. The van der Waals surface area contributed by atoms with Gasteiger partial charge in [-0.05, 0) is 36.4 Å². The van der Waals surface area contributed by atoms with E-state index in [1.807, 2.05) is 59.5 Å². The van der Waals surface area contributed by atoms with Gasteiger partial charge in [0.2, 0.25) is 0 Å². The monoisotopic (exact) mass is 312 g/mol. The number of ether oxygens (including phenoxy) is 1. The first-order valence-electron chi connectivity index (χ1n) is 7.73. The third-order valence-corrected chi connectivity index (χ3v) is 3.91. The number of carboxylic acid groups (broad SMARTS) is 1. The molecule has 0 aliphatic carbocycles. The number of hydrogen-bond donors (Lipinski definition) is 1. The number of aliphatic carboxylic acids is 1. The van der Waals surface area contributed by atoms with Gasteiger partial charge in [-0.2, -0.15) is 0 Å². The number of carbonyl (C=O) groups is 1. The third kappa shape index (κ3) is 4.23. The van der Waals surface area contributed by atoms with Crippen molar-refractivity contribution in [2.45, 2.75) is 0 Å². The van der Waals surface area contributed by atoms with E-state index in [1.165, 1.54) is 0 Å². The molecule has 0 spiro atoms. The van der Waals surface area contributed by atoms with E-state index < -0.39 is 5.97 Å². The zero-order valence-electron chi connectivity index (χ0n) is 12.9. The smallest absolute Gasteiger partial charge is 0.317 e. The van der Waals surface area contributed by atoms with Crippen LogP contribution >= 0.6 is 0 Å². The molecule has 0 amide bonds. The van der Waals surface area contributed by atoms with E-state index in [0.717, 1.165) is 43.4 Å². The van der Waals surface area contributed by atoms with Crippen LogP contribution in [0.1, 0.15) is 0 Å². The van der Waals surface area contributed by atoms with Gasteiger partial charge in [0.05, 0.1) is 6.54 Å². The molecule has 0 saturated carbocycles. The summed E-state index contributed by atoms with van der Waals surface area (Å²) >= 11 is 0. The molecule has 0 aromatic heterocycles. The first-order chi connectivity index (χ1) is 11.2. The second kappa shape index (κ2) is 7.15. The summed E-state index contributed by atoms with van der Waals surface area (Å²) in [4.78, 5) is 15.0. The summed E-state index contributed by atoms with van der Waals surface area (Å²) in [6.45, 7) is 3.35. The van der Waals surface area contributed by atoms with Crippen LogP contribution in [0.2, 0.25) is 0 Å². The van der Waals surface area contributed by atoms with E-state index >= 15 is 0 Å². The first kappa shape index (κ1) is 15.4. The standard InChI is InChI=1S/C18H20N2O3/c21-18(22)14-19-10-12-20(13-11-19)15-6-8-17(9-7-15)23-16-4-2-1-3-5-16/h1-9H,10-14H2,(H,21,22). The van der Waals surface area contributed by atoms with Crippen molar-refractivity contribution in [3.63, 3.8) is 0 Å². The summed E-state index contributed by atoms with van der Waals surface area (Å²) in [5.74, 6) is 0.868. The Morgan fingerprint density at radius 1 is 0.913 bits per heavy atom. The molecule has 2 aromatic rings. The van der Waals surface area contributed by atoms with Gasteiger partial charge in [0.25, 0.3) is 0 Å². The molecule has 1 heterocycles. The number of rotatable bonds is 5. The maximum absolute atomic E-state index is 10.7. The van der Waals surface area contributed by atoms with Gasteiger partial charge in [0.1, 0.15) is 11.5 Å². The summed E-state index contributed by atoms with van der Waals surface area (Å²) < 4.78 is 5.79. The van der Waals surface area contributed by atoms with Gasteiger partial charge in [0.15, 0.2) is 0 Å². The molecule has 120 valence electrons. The summed E-state index contributed by atoms with van der Waals surface area (Å²) in [7, 11) is 0. The quantitative estimate of drug-likeness (QED) is 0.920. The lowest BCUT2D eigenvalue weighted by atomic mass is 10.2. The highest BCUT2D eigenvalue weighted by atomic mass is 16.5. The van der Waals surface area contributed by atoms with Gasteiger partial charge in [-0.15, -0.1) is 0 Å². The average molecular weight is 312 g/mol. The topological polar surface area (TPSA) is 53.0 Å². The lowest BCUT2D eigenvalue weighted by Crippen LogP contribution is -2.47. The Morgan fingerprint density at radius 3 is 2.13 bits per heavy atom. The second-order valence-electron chi connectivity index (χ2n) is 5.57. The number of para-hydroxylation sites is 1. The van der Waals surface area contributed by atoms with Gasteiger partial charge >= 0.3 is 5.97 Å². The Hall–Kier alpha value is -2.53. The van der Waals surface area contributed by atoms with Crippen molar-refractivity contribution in [1.82, 2.24) is 4.90 Å². The molecule has 23 heavy (non-hydrogen) atoms. The van der Waals surface area contributed by atoms with Crippen LogP contribution in [0.5, 0.6) is 11.5 Å². The molecule has 5 nitrogen and oxygen atoms in total. The van der Waals surface area contributed by atoms with Crippen LogP contribution in [-0.4, -0.2) is 48.7 Å². The summed E-state index contributed by atoms with van der Waals surface area (Å²) in [6.07, 6.45) is 0. The van der Waals surface area contributed by atoms with Crippen LogP contribution in [0.15, 0.2) is 54.6 Å². The summed E-state index contributed by atoms with van der Waals surface area (Å²) in [6, 6.07) is 17.7. The SMILES string of the molecule is O=C(O)CN1CCN(c2ccc(Oc3ccccc3)cc2)CC1. The minimum atomic E-state index is -0.763. The Balaban J connectivity index is 1.57. The highest BCUT2D eigenvalue weighted by Crippen LogP contribution is 2.24. The fraction of sp³-hybridized carbons (Fsp3) is 0.278. The van der Waals surface area contributed by atoms with Crippen LogP contribution < -0.4 is 9.64 Å². The Labute approximate surface area is 135 Å². The number of piperazine rings is 1. The average Bonchev–Trinajstić information content (AvgIpc) is 2.57. The van der Waals surface area contributed by atoms with Gasteiger partial charge in [-0.3, -0.25) is 9.69 Å². The lowest BCUT2D eigenvalue weighted by Gasteiger charge is -2.35. The second-order valence-corrected chi connectivity index (χ2v) is 5.57. The molecule has 0 atom stereocenters. The largest absolute Gasteiger partial charge is 0.480 e. The van der Waals surface area contributed by atoms with Crippen molar-refractivity contribution in [1.29, 1.82) is 0 Å². The fourth-order valence-electron chi connectivity index (χ4n) is 2.71. The summed E-state index contributed by atoms with van der Waals surface area (Å²) in [5, 5.41) is 8.83. The highest BCUT2D eigenvalue weighted by Gasteiger charge is 2.18. The van der Waals surface area contributed by atoms with Crippen LogP contribution in [-0.2, 0) is 4.79 Å². The van der Waals surface area contributed by atoms with E-state index in [4.69, 9.17) is 9.84 Å². The minimum Gasteiger partial charge on any atom is -0.480 e. The number of nitrogens with zero attached hydrogens (tertiary/aromatic N) is 2. The zero-order chi connectivity index (χ0) is 16.1. The van der Waals surface area contributed by atoms with Gasteiger partial charge in [0, 0.05) is 31.9 Å². The van der Waals surface area contributed by atoms with Crippen LogP contribution in [0.25, 0.3) is 0 Å². The fourth-order valence-corrected chi connectivity index (χ4v) is 2.71. The first-order valence-corrected chi connectivity index (χ1v) is 7.73. The molecule has 0 bridgehead atoms. The Bertz CT molecular complexity index is 635. The van der Waals surface area contributed by atoms with Crippen molar-refractivity contribution >= 4 is 11.7 Å². The molecule has 1 fully saturated rings. The number of benzene rings is 2. The molecule has 1 aliphatic rings. The van der Waals surface area contributed by atoms with E-state index in [-0.39, 0.29) is 6.54 Å². The molecule has 2 aromatic carbocycles. The van der Waals surface area contributed by atoms with Gasteiger partial charge < -0.3 is 14.7 Å². The molecular weight excluding hydrogens is 292 g/mol. The predicted octanol–water partition coefficient (Wildman–Crippen LogP) is 2.69. The van der Waals surface area contributed by atoms with Crippen molar-refractivity contribution in [2.24, 2.45) is 0 Å². The van der Waals surface area contributed by atoms with E-state index in [2.05, 4.69) is 4.90 Å². The lowest BCUT2D eigenvalue weighted by molar-refractivity contribution is -0.138. The Morgan fingerprint density at radius 2 is 1.52 bits per heavy atom. The molecule has 0 unspecified atom stereocenters. The van der Waals surface area contributed by atoms with Gasteiger partial charge in [-0.1, -0.05) is 18.2 Å². The number of hydrogen-bond acceptors (Lipinski definition) is 4. The van der Waals surface area contributed by atoms with Crippen molar-refractivity contribution in [3.8, 4) is 11.5 Å². The molecule has 3 rings (SSSR count). The minimum absolute atomic E-state index is 0.123. The van der Waals surface area contributed by atoms with Crippen molar-refractivity contribution in [3.05, 3.63) is 54.6 Å². The molecular formula is C18H20N2O3. The number of carboxylic acids is 1. The van der Waals surface area contributed by atoms with Crippen molar-refractivity contribution < 1.29 is 14.6 Å². The van der Waals surface area contributed by atoms with E-state index in [1.54, 1.807) is 0 Å². The molecule has 1 N–H and O–H groups in total. The van der Waals surface area contributed by atoms with E-state index in [9.17, 15) is 4.79 Å². The maximum Gasteiger partial charge on any atom is 0.317 e. The molecule has 1 saturated heterocycles. The van der Waals surface area contributed by atoms with Crippen LogP contribution in [0, 0.1) is 0 Å². The third-order valence-electron chi connectivity index (χ3n) is 3.91. The van der Waals surface area contributed by atoms with Crippen LogP contribution in [0.4, 0.5) is 5.69 Å². The van der Waals surface area contributed by atoms with E-state index in [0.29, 0.717) is 0 Å². The Kier molecular flexibility index (Phi) is 4.78. The molecule has 0 radical (unpaired) electrons. The van der Waals surface area contributed by atoms with Crippen LogP contribution in [0.3, 0.4) is 0 Å².